The van der Waals surface area contributed by atoms with Gasteiger partial charge in [0.05, 0.1) is 22.0 Å². The Morgan fingerprint density at radius 2 is 2.20 bits per heavy atom. The Morgan fingerprint density at radius 1 is 1.28 bits per heavy atom. The van der Waals surface area contributed by atoms with Crippen LogP contribution >= 0.6 is 11.3 Å². The Kier molecular flexibility index (Phi) is 3.87. The number of hydrogen-bond donors (Lipinski definition) is 2. The second-order valence-corrected chi connectivity index (χ2v) is 6.33. The van der Waals surface area contributed by atoms with Gasteiger partial charge in [-0.3, -0.25) is 19.6 Å². The molecule has 0 saturated heterocycles. The molecule has 1 amide bonds. The number of nitrogens with zero attached hydrogens (tertiary/aromatic N) is 4. The summed E-state index contributed by atoms with van der Waals surface area (Å²) >= 11 is 1.58. The van der Waals surface area contributed by atoms with Crippen molar-refractivity contribution in [2.45, 2.75) is 0 Å². The van der Waals surface area contributed by atoms with Crippen LogP contribution in [0.2, 0.25) is 0 Å². The van der Waals surface area contributed by atoms with Crippen LogP contribution in [-0.2, 0) is 7.05 Å². The van der Waals surface area contributed by atoms with Gasteiger partial charge < -0.3 is 5.32 Å². The lowest BCUT2D eigenvalue weighted by atomic mass is 10.2. The summed E-state index contributed by atoms with van der Waals surface area (Å²) in [6.45, 7) is 0. The summed E-state index contributed by atoms with van der Waals surface area (Å²) in [5.41, 5.74) is 3.03. The minimum atomic E-state index is -0.302. The van der Waals surface area contributed by atoms with Crippen molar-refractivity contribution in [1.29, 1.82) is 0 Å². The van der Waals surface area contributed by atoms with E-state index in [0.29, 0.717) is 22.8 Å². The van der Waals surface area contributed by atoms with Crippen molar-refractivity contribution in [3.8, 4) is 22.0 Å². The highest BCUT2D eigenvalue weighted by Crippen LogP contribution is 2.26. The Morgan fingerprint density at radius 3 is 2.96 bits per heavy atom. The van der Waals surface area contributed by atoms with E-state index in [4.69, 9.17) is 0 Å². The predicted molar refractivity (Wildman–Crippen MR) is 96.3 cm³/mol. The lowest BCUT2D eigenvalue weighted by Gasteiger charge is -2.02. The van der Waals surface area contributed by atoms with Crippen molar-refractivity contribution in [2.24, 2.45) is 7.05 Å². The number of hydrogen-bond acceptors (Lipinski definition) is 5. The molecule has 8 heteroatoms. The number of carbonyl (C=O) groups is 1. The van der Waals surface area contributed by atoms with E-state index in [1.165, 1.54) is 0 Å². The van der Waals surface area contributed by atoms with E-state index in [0.717, 1.165) is 10.6 Å². The van der Waals surface area contributed by atoms with Gasteiger partial charge in [-0.1, -0.05) is 12.1 Å². The van der Waals surface area contributed by atoms with Crippen LogP contribution in [0.3, 0.4) is 0 Å². The van der Waals surface area contributed by atoms with Gasteiger partial charge in [0, 0.05) is 19.4 Å². The third kappa shape index (κ3) is 3.07. The maximum atomic E-state index is 12.5. The summed E-state index contributed by atoms with van der Waals surface area (Å²) in [5, 5.41) is 16.2. The lowest BCUT2D eigenvalue weighted by molar-refractivity contribution is 0.102. The lowest BCUT2D eigenvalue weighted by Crippen LogP contribution is -2.12. The summed E-state index contributed by atoms with van der Waals surface area (Å²) in [5.74, 6) is -0.302. The fraction of sp³-hybridized carbons (Fsp3) is 0.0588. The van der Waals surface area contributed by atoms with Gasteiger partial charge >= 0.3 is 0 Å². The number of aromatic nitrogens is 5. The monoisotopic (exact) mass is 350 g/mol. The maximum Gasteiger partial charge on any atom is 0.276 e. The topological polar surface area (TPSA) is 88.5 Å². The van der Waals surface area contributed by atoms with E-state index < -0.39 is 0 Å². The predicted octanol–water partition coefficient (Wildman–Crippen LogP) is 3.19. The number of aromatic amines is 1. The number of anilines is 1. The summed E-state index contributed by atoms with van der Waals surface area (Å²) < 4.78 is 1.64. The number of amides is 1. The Balaban J connectivity index is 1.60. The molecule has 0 aliphatic rings. The van der Waals surface area contributed by atoms with Crippen molar-refractivity contribution in [1.82, 2.24) is 25.0 Å². The van der Waals surface area contributed by atoms with Gasteiger partial charge in [0.2, 0.25) is 0 Å². The molecule has 0 fully saturated rings. The molecule has 0 aliphatic carbocycles. The van der Waals surface area contributed by atoms with Crippen LogP contribution in [0.5, 0.6) is 0 Å². The van der Waals surface area contributed by atoms with E-state index in [1.54, 1.807) is 41.5 Å². The number of nitrogens with one attached hydrogen (secondary N) is 2. The van der Waals surface area contributed by atoms with Crippen molar-refractivity contribution in [2.75, 3.05) is 5.32 Å². The van der Waals surface area contributed by atoms with Crippen LogP contribution in [0.25, 0.3) is 22.0 Å². The highest BCUT2D eigenvalue weighted by molar-refractivity contribution is 7.13. The first-order valence-electron chi connectivity index (χ1n) is 7.56. The average molecular weight is 350 g/mol. The molecule has 25 heavy (non-hydrogen) atoms. The minimum absolute atomic E-state index is 0.302. The molecule has 0 aromatic carbocycles. The Bertz CT molecular complexity index is 1000. The average Bonchev–Trinajstić information content (AvgIpc) is 3.36. The molecule has 4 heterocycles. The first-order valence-corrected chi connectivity index (χ1v) is 8.44. The van der Waals surface area contributed by atoms with E-state index >= 15 is 0 Å². The standard InChI is InChI=1S/C17H14N6OS/c1-23-10-14(16(22-23)11-5-2-3-7-18-11)19-17(24)13-9-12(20-21-13)15-6-4-8-25-15/h2-10H,1H3,(H,19,24)(H,20,21). The highest BCUT2D eigenvalue weighted by atomic mass is 32.1. The van der Waals surface area contributed by atoms with Crippen LogP contribution in [0.15, 0.2) is 54.2 Å². The minimum Gasteiger partial charge on any atom is -0.317 e. The van der Waals surface area contributed by atoms with E-state index in [-0.39, 0.29) is 5.91 Å². The molecule has 0 radical (unpaired) electrons. The fourth-order valence-corrected chi connectivity index (χ4v) is 3.15. The normalized spacial score (nSPS) is 10.8. The van der Waals surface area contributed by atoms with Crippen LogP contribution in [0.4, 0.5) is 5.69 Å². The van der Waals surface area contributed by atoms with Crippen LogP contribution in [0, 0.1) is 0 Å². The van der Waals surface area contributed by atoms with E-state index in [2.05, 4.69) is 25.6 Å². The molecular formula is C17H14N6OS. The molecule has 0 spiro atoms. The van der Waals surface area contributed by atoms with Crippen LogP contribution in [0.1, 0.15) is 10.5 Å². The van der Waals surface area contributed by atoms with Crippen LogP contribution in [-0.4, -0.2) is 30.9 Å². The zero-order chi connectivity index (χ0) is 17.2. The smallest absolute Gasteiger partial charge is 0.276 e. The molecule has 4 aromatic rings. The number of H-pyrrole nitrogens is 1. The summed E-state index contributed by atoms with van der Waals surface area (Å²) in [4.78, 5) is 17.9. The van der Waals surface area contributed by atoms with Gasteiger partial charge in [0.25, 0.3) is 5.91 Å². The van der Waals surface area contributed by atoms with Crippen molar-refractivity contribution < 1.29 is 4.79 Å². The first kappa shape index (κ1) is 15.3. The second kappa shape index (κ2) is 6.33. The molecule has 2 N–H and O–H groups in total. The number of aryl methyl sites for hydroxylation is 1. The molecule has 0 unspecified atom stereocenters. The quantitative estimate of drug-likeness (QED) is 0.592. The van der Waals surface area contributed by atoms with E-state index in [1.807, 2.05) is 35.7 Å². The third-order valence-electron chi connectivity index (χ3n) is 3.58. The molecule has 4 aromatic heterocycles. The molecule has 0 saturated carbocycles. The molecule has 0 atom stereocenters. The number of rotatable bonds is 4. The summed E-state index contributed by atoms with van der Waals surface area (Å²) in [6, 6.07) is 11.2. The third-order valence-corrected chi connectivity index (χ3v) is 4.48. The maximum absolute atomic E-state index is 12.5. The van der Waals surface area contributed by atoms with E-state index in [9.17, 15) is 4.79 Å². The molecule has 124 valence electrons. The Hall–Kier alpha value is -3.26. The molecule has 7 nitrogen and oxygen atoms in total. The molecule has 0 aliphatic heterocycles. The zero-order valence-corrected chi connectivity index (χ0v) is 14.1. The SMILES string of the molecule is Cn1cc(NC(=O)c2cc(-c3cccs3)[nH]n2)c(-c2ccccn2)n1. The van der Waals surface area contributed by atoms with Crippen molar-refractivity contribution in [3.05, 3.63) is 59.9 Å². The number of pyridine rings is 1. The van der Waals surface area contributed by atoms with Crippen molar-refractivity contribution in [3.63, 3.8) is 0 Å². The van der Waals surface area contributed by atoms with Gasteiger partial charge in [-0.2, -0.15) is 10.2 Å². The number of carbonyl (C=O) groups excluding carboxylic acids is 1. The first-order chi connectivity index (χ1) is 12.2. The largest absolute Gasteiger partial charge is 0.317 e. The zero-order valence-electron chi connectivity index (χ0n) is 13.3. The van der Waals surface area contributed by atoms with Gasteiger partial charge in [-0.15, -0.1) is 11.3 Å². The molecule has 4 rings (SSSR count). The van der Waals surface area contributed by atoms with Gasteiger partial charge in [0.15, 0.2) is 5.69 Å². The number of thiophene rings is 1. The highest BCUT2D eigenvalue weighted by Gasteiger charge is 2.17. The van der Waals surface area contributed by atoms with Crippen LogP contribution < -0.4 is 5.32 Å². The van der Waals surface area contributed by atoms with Gasteiger partial charge in [-0.05, 0) is 29.6 Å². The van der Waals surface area contributed by atoms with Gasteiger partial charge in [-0.25, -0.2) is 0 Å². The van der Waals surface area contributed by atoms with Crippen molar-refractivity contribution >= 4 is 22.9 Å². The molecular weight excluding hydrogens is 336 g/mol. The summed E-state index contributed by atoms with van der Waals surface area (Å²) in [7, 11) is 1.80. The van der Waals surface area contributed by atoms with Gasteiger partial charge in [0.1, 0.15) is 5.69 Å². The summed E-state index contributed by atoms with van der Waals surface area (Å²) in [6.07, 6.45) is 3.44. The fourth-order valence-electron chi connectivity index (χ4n) is 2.45. The Labute approximate surface area is 147 Å². The second-order valence-electron chi connectivity index (χ2n) is 5.38. The molecule has 0 bridgehead atoms.